The highest BCUT2D eigenvalue weighted by atomic mass is 19.1. The van der Waals surface area contributed by atoms with Crippen LogP contribution in [0.2, 0.25) is 0 Å². The van der Waals surface area contributed by atoms with Gasteiger partial charge >= 0.3 is 0 Å². The topological polar surface area (TPSA) is 40.5 Å². The number of halogens is 1. The molecule has 3 rings (SSSR count). The Morgan fingerprint density at radius 2 is 1.74 bits per heavy atom. The number of hydrogen-bond acceptors (Lipinski definition) is 3. The fourth-order valence-corrected chi connectivity index (χ4v) is 3.97. The lowest BCUT2D eigenvalue weighted by atomic mass is 9.77. The predicted molar refractivity (Wildman–Crippen MR) is 105 cm³/mol. The van der Waals surface area contributed by atoms with Gasteiger partial charge in [-0.25, -0.2) is 4.39 Å². The molecule has 27 heavy (non-hydrogen) atoms. The van der Waals surface area contributed by atoms with E-state index in [2.05, 4.69) is 4.90 Å². The fourth-order valence-electron chi connectivity index (χ4n) is 3.97. The standard InChI is InChI=1S/C23H28FNO2/c1-23(27,19-6-3-2-4-7-19)20-13-16-25(17-14-20)15-5-8-22(26)18-9-11-21(24)12-10-18/h2-4,6-7,9-12,20,27H,5,8,13-17H2,1H3. The number of rotatable bonds is 7. The van der Waals surface area contributed by atoms with Crippen LogP contribution in [0.25, 0.3) is 0 Å². The molecule has 0 saturated carbocycles. The second kappa shape index (κ2) is 8.77. The molecule has 1 heterocycles. The quantitative estimate of drug-likeness (QED) is 0.735. The van der Waals surface area contributed by atoms with Gasteiger partial charge in [0, 0.05) is 12.0 Å². The van der Waals surface area contributed by atoms with Crippen LogP contribution in [0.1, 0.15) is 48.5 Å². The minimum absolute atomic E-state index is 0.0666. The molecule has 1 aliphatic heterocycles. The van der Waals surface area contributed by atoms with Crippen molar-refractivity contribution in [3.05, 3.63) is 71.5 Å². The molecule has 2 aromatic rings. The number of carbonyl (C=O) groups is 1. The van der Waals surface area contributed by atoms with Gasteiger partial charge in [-0.2, -0.15) is 0 Å². The largest absolute Gasteiger partial charge is 0.385 e. The number of ketones is 1. The van der Waals surface area contributed by atoms with E-state index in [4.69, 9.17) is 0 Å². The summed E-state index contributed by atoms with van der Waals surface area (Å²) in [5.74, 6) is -0.00491. The molecule has 0 spiro atoms. The van der Waals surface area contributed by atoms with Crippen molar-refractivity contribution in [2.75, 3.05) is 19.6 Å². The Morgan fingerprint density at radius 3 is 2.37 bits per heavy atom. The number of Topliss-reactive ketones (excluding diaryl/α,β-unsaturated/α-hetero) is 1. The van der Waals surface area contributed by atoms with Gasteiger partial charge in [0.2, 0.25) is 0 Å². The highest BCUT2D eigenvalue weighted by molar-refractivity contribution is 5.95. The summed E-state index contributed by atoms with van der Waals surface area (Å²) in [5, 5.41) is 11.0. The Kier molecular flexibility index (Phi) is 6.40. The first-order valence-corrected chi connectivity index (χ1v) is 9.76. The van der Waals surface area contributed by atoms with E-state index in [-0.39, 0.29) is 17.5 Å². The average molecular weight is 369 g/mol. The Balaban J connectivity index is 1.43. The normalized spacial score (nSPS) is 18.2. The molecule has 2 aromatic carbocycles. The third-order valence-corrected chi connectivity index (χ3v) is 5.79. The molecule has 144 valence electrons. The number of aliphatic hydroxyl groups is 1. The van der Waals surface area contributed by atoms with Crippen LogP contribution in [-0.2, 0) is 5.60 Å². The summed E-state index contributed by atoms with van der Waals surface area (Å²) < 4.78 is 12.9. The van der Waals surface area contributed by atoms with E-state index in [1.165, 1.54) is 12.1 Å². The molecular weight excluding hydrogens is 341 g/mol. The molecule has 1 saturated heterocycles. The first-order valence-electron chi connectivity index (χ1n) is 9.76. The van der Waals surface area contributed by atoms with Gasteiger partial charge in [-0.15, -0.1) is 0 Å². The first kappa shape index (κ1) is 19.7. The summed E-state index contributed by atoms with van der Waals surface area (Å²) in [4.78, 5) is 14.5. The van der Waals surface area contributed by atoms with Crippen molar-refractivity contribution in [1.29, 1.82) is 0 Å². The van der Waals surface area contributed by atoms with E-state index < -0.39 is 5.60 Å². The van der Waals surface area contributed by atoms with Gasteiger partial charge in [-0.3, -0.25) is 4.79 Å². The van der Waals surface area contributed by atoms with E-state index in [1.807, 2.05) is 37.3 Å². The molecule has 4 heteroatoms. The van der Waals surface area contributed by atoms with Gasteiger partial charge in [0.15, 0.2) is 5.78 Å². The van der Waals surface area contributed by atoms with Gasteiger partial charge in [-0.1, -0.05) is 30.3 Å². The van der Waals surface area contributed by atoms with Crippen LogP contribution in [0.3, 0.4) is 0 Å². The predicted octanol–water partition coefficient (Wildman–Crippen LogP) is 4.41. The van der Waals surface area contributed by atoms with Crippen LogP contribution in [0.5, 0.6) is 0 Å². The molecule has 0 aromatic heterocycles. The molecule has 0 bridgehead atoms. The molecule has 1 N–H and O–H groups in total. The third kappa shape index (κ3) is 5.02. The zero-order valence-electron chi connectivity index (χ0n) is 15.9. The van der Waals surface area contributed by atoms with Crippen LogP contribution in [-0.4, -0.2) is 35.4 Å². The molecule has 1 fully saturated rings. The Labute approximate surface area is 160 Å². The van der Waals surface area contributed by atoms with Crippen LogP contribution in [0, 0.1) is 11.7 Å². The van der Waals surface area contributed by atoms with Gasteiger partial charge in [-0.05, 0) is 81.6 Å². The maximum Gasteiger partial charge on any atom is 0.162 e. The van der Waals surface area contributed by atoms with Crippen molar-refractivity contribution in [3.8, 4) is 0 Å². The minimum atomic E-state index is -0.800. The highest BCUT2D eigenvalue weighted by Crippen LogP contribution is 2.36. The zero-order chi connectivity index (χ0) is 19.3. The summed E-state index contributed by atoms with van der Waals surface area (Å²) >= 11 is 0. The van der Waals surface area contributed by atoms with Crippen molar-refractivity contribution in [1.82, 2.24) is 4.90 Å². The molecule has 0 aliphatic carbocycles. The summed E-state index contributed by atoms with van der Waals surface area (Å²) in [6.07, 6.45) is 3.19. The fraction of sp³-hybridized carbons (Fsp3) is 0.435. The van der Waals surface area contributed by atoms with Gasteiger partial charge in [0.25, 0.3) is 0 Å². The molecule has 0 amide bonds. The monoisotopic (exact) mass is 369 g/mol. The van der Waals surface area contributed by atoms with Crippen molar-refractivity contribution < 1.29 is 14.3 Å². The number of nitrogens with zero attached hydrogens (tertiary/aromatic N) is 1. The number of piperidine rings is 1. The summed E-state index contributed by atoms with van der Waals surface area (Å²) in [6.45, 7) is 4.69. The molecule has 1 atom stereocenters. The van der Waals surface area contributed by atoms with E-state index in [0.29, 0.717) is 12.0 Å². The van der Waals surface area contributed by atoms with Gasteiger partial charge in [0.1, 0.15) is 5.82 Å². The Hall–Kier alpha value is -2.04. The van der Waals surface area contributed by atoms with Crippen LogP contribution in [0.15, 0.2) is 54.6 Å². The summed E-state index contributed by atoms with van der Waals surface area (Å²) in [5.41, 5.74) is 0.758. The lowest BCUT2D eigenvalue weighted by Gasteiger charge is -2.40. The number of benzene rings is 2. The van der Waals surface area contributed by atoms with Crippen LogP contribution < -0.4 is 0 Å². The molecule has 3 nitrogen and oxygen atoms in total. The first-order chi connectivity index (χ1) is 13.0. The second-order valence-electron chi connectivity index (χ2n) is 7.66. The second-order valence-corrected chi connectivity index (χ2v) is 7.66. The van der Waals surface area contributed by atoms with E-state index >= 15 is 0 Å². The molecular formula is C23H28FNO2. The van der Waals surface area contributed by atoms with Crippen molar-refractivity contribution in [2.24, 2.45) is 5.92 Å². The highest BCUT2D eigenvalue weighted by Gasteiger charge is 2.35. The lowest BCUT2D eigenvalue weighted by Crippen LogP contribution is -2.42. The Morgan fingerprint density at radius 1 is 1.11 bits per heavy atom. The molecule has 1 aliphatic rings. The Bertz CT molecular complexity index is 735. The molecule has 1 unspecified atom stereocenters. The smallest absolute Gasteiger partial charge is 0.162 e. The van der Waals surface area contributed by atoms with E-state index in [0.717, 1.165) is 44.5 Å². The third-order valence-electron chi connectivity index (χ3n) is 5.79. The average Bonchev–Trinajstić information content (AvgIpc) is 2.69. The maximum absolute atomic E-state index is 12.9. The van der Waals surface area contributed by atoms with Crippen LogP contribution in [0.4, 0.5) is 4.39 Å². The lowest BCUT2D eigenvalue weighted by molar-refractivity contribution is -0.0330. The van der Waals surface area contributed by atoms with Gasteiger partial charge in [0.05, 0.1) is 5.60 Å². The maximum atomic E-state index is 12.9. The number of hydrogen-bond donors (Lipinski definition) is 1. The summed E-state index contributed by atoms with van der Waals surface area (Å²) in [7, 11) is 0. The van der Waals surface area contributed by atoms with Crippen molar-refractivity contribution >= 4 is 5.78 Å². The number of carbonyl (C=O) groups excluding carboxylic acids is 1. The zero-order valence-corrected chi connectivity index (χ0v) is 15.9. The van der Waals surface area contributed by atoms with E-state index in [1.54, 1.807) is 12.1 Å². The molecule has 0 radical (unpaired) electrons. The van der Waals surface area contributed by atoms with Crippen LogP contribution >= 0.6 is 0 Å². The van der Waals surface area contributed by atoms with Crippen molar-refractivity contribution in [2.45, 2.75) is 38.2 Å². The minimum Gasteiger partial charge on any atom is -0.385 e. The van der Waals surface area contributed by atoms with Gasteiger partial charge < -0.3 is 10.0 Å². The van der Waals surface area contributed by atoms with Crippen molar-refractivity contribution in [3.63, 3.8) is 0 Å². The summed E-state index contributed by atoms with van der Waals surface area (Å²) in [6, 6.07) is 15.7. The van der Waals surface area contributed by atoms with E-state index in [9.17, 15) is 14.3 Å². The number of likely N-dealkylation sites (tertiary alicyclic amines) is 1. The SMILES string of the molecule is CC(O)(c1ccccc1)C1CCN(CCCC(=O)c2ccc(F)cc2)CC1.